The van der Waals surface area contributed by atoms with Crippen molar-refractivity contribution in [3.05, 3.63) is 48.0 Å². The molecule has 2 atom stereocenters. The first kappa shape index (κ1) is 14.8. The largest absolute Gasteiger partial charge is 0.459 e. The summed E-state index contributed by atoms with van der Waals surface area (Å²) >= 11 is 0. The molecule has 0 saturated carbocycles. The van der Waals surface area contributed by atoms with Crippen LogP contribution in [0.2, 0.25) is 0 Å². The Labute approximate surface area is 122 Å². The predicted octanol–water partition coefficient (Wildman–Crippen LogP) is 0.276. The first-order valence-electron chi connectivity index (χ1n) is 6.55. The highest BCUT2D eigenvalue weighted by Crippen LogP contribution is 2.21. The molecular weight excluding hydrogens is 272 g/mol. The molecule has 110 valence electrons. The third-order valence-corrected chi connectivity index (χ3v) is 3.19. The van der Waals surface area contributed by atoms with Crippen LogP contribution in [-0.2, 0) is 25.7 Å². The van der Waals surface area contributed by atoms with E-state index >= 15 is 0 Å². The van der Waals surface area contributed by atoms with Crippen molar-refractivity contribution >= 4 is 17.8 Å². The van der Waals surface area contributed by atoms with Crippen molar-refractivity contribution in [2.45, 2.75) is 19.1 Å². The van der Waals surface area contributed by atoms with Crippen LogP contribution in [0.1, 0.15) is 12.0 Å². The van der Waals surface area contributed by atoms with Crippen molar-refractivity contribution in [3.63, 3.8) is 0 Å². The molecule has 0 radical (unpaired) electrons. The fraction of sp³-hybridized carbons (Fsp3) is 0.267. The van der Waals surface area contributed by atoms with Crippen LogP contribution in [0.15, 0.2) is 42.5 Å². The highest BCUT2D eigenvalue weighted by Gasteiger charge is 2.44. The predicted molar refractivity (Wildman–Crippen MR) is 74.6 cm³/mol. The fourth-order valence-corrected chi connectivity index (χ4v) is 2.03. The Bertz CT molecular complexity index is 568. The van der Waals surface area contributed by atoms with Crippen molar-refractivity contribution in [3.8, 4) is 0 Å². The molecule has 6 heteroatoms. The number of ether oxygens (including phenoxy) is 1. The van der Waals surface area contributed by atoms with Crippen LogP contribution in [0.25, 0.3) is 0 Å². The molecule has 0 bridgehead atoms. The second kappa shape index (κ2) is 6.69. The molecule has 1 fully saturated rings. The average Bonchev–Trinajstić information content (AvgIpc) is 2.47. The van der Waals surface area contributed by atoms with E-state index in [9.17, 15) is 14.4 Å². The lowest BCUT2D eigenvalue weighted by molar-refractivity contribution is -0.158. The number of primary amides is 1. The maximum Gasteiger partial charge on any atom is 0.329 e. The summed E-state index contributed by atoms with van der Waals surface area (Å²) < 4.78 is 5.17. The summed E-state index contributed by atoms with van der Waals surface area (Å²) in [6.07, 6.45) is 2.95. The molecule has 21 heavy (non-hydrogen) atoms. The average molecular weight is 288 g/mol. The number of carbonyl (C=O) groups is 3. The molecule has 1 aliphatic rings. The smallest absolute Gasteiger partial charge is 0.329 e. The summed E-state index contributed by atoms with van der Waals surface area (Å²) in [6.45, 7) is 0.163. The number of hydrogen-bond acceptors (Lipinski definition) is 4. The van der Waals surface area contributed by atoms with Gasteiger partial charge in [-0.25, -0.2) is 4.79 Å². The second-order valence-corrected chi connectivity index (χ2v) is 4.73. The molecule has 1 aromatic carbocycles. The highest BCUT2D eigenvalue weighted by molar-refractivity contribution is 5.97. The van der Waals surface area contributed by atoms with Crippen molar-refractivity contribution in [2.24, 2.45) is 11.7 Å². The summed E-state index contributed by atoms with van der Waals surface area (Å²) in [5, 5.41) is 2.50. The summed E-state index contributed by atoms with van der Waals surface area (Å²) in [4.78, 5) is 33.9. The summed E-state index contributed by atoms with van der Waals surface area (Å²) in [5.74, 6) is -1.80. The van der Waals surface area contributed by atoms with E-state index in [2.05, 4.69) is 5.32 Å². The fourth-order valence-electron chi connectivity index (χ4n) is 2.03. The van der Waals surface area contributed by atoms with Gasteiger partial charge in [0.15, 0.2) is 0 Å². The molecule has 1 saturated heterocycles. The van der Waals surface area contributed by atoms with Gasteiger partial charge in [0, 0.05) is 0 Å². The SMILES string of the molecule is NC(=O)/C=C/CC1C(=O)NC1C(=O)OCc1ccccc1. The van der Waals surface area contributed by atoms with Gasteiger partial charge < -0.3 is 15.8 Å². The number of nitrogens with two attached hydrogens (primary N) is 1. The Morgan fingerprint density at radius 2 is 2.00 bits per heavy atom. The Hall–Kier alpha value is -2.63. The lowest BCUT2D eigenvalue weighted by Gasteiger charge is -2.34. The number of amides is 2. The normalized spacial score (nSPS) is 20.7. The van der Waals surface area contributed by atoms with Crippen LogP contribution in [0, 0.1) is 5.92 Å². The Balaban J connectivity index is 1.84. The number of allylic oxidation sites excluding steroid dienone is 1. The zero-order valence-electron chi connectivity index (χ0n) is 11.3. The molecule has 0 aliphatic carbocycles. The third kappa shape index (κ3) is 3.92. The zero-order chi connectivity index (χ0) is 15.2. The molecule has 0 aromatic heterocycles. The van der Waals surface area contributed by atoms with Crippen molar-refractivity contribution in [1.82, 2.24) is 5.32 Å². The van der Waals surface area contributed by atoms with E-state index in [0.29, 0.717) is 0 Å². The number of carbonyl (C=O) groups excluding carboxylic acids is 3. The van der Waals surface area contributed by atoms with E-state index < -0.39 is 23.8 Å². The topological polar surface area (TPSA) is 98.5 Å². The molecular formula is C15H16N2O4. The van der Waals surface area contributed by atoms with Gasteiger partial charge in [0.2, 0.25) is 11.8 Å². The monoisotopic (exact) mass is 288 g/mol. The van der Waals surface area contributed by atoms with Crippen molar-refractivity contribution in [1.29, 1.82) is 0 Å². The number of β-lactam (4-membered cyclic amide) rings is 1. The number of rotatable bonds is 6. The van der Waals surface area contributed by atoms with Gasteiger partial charge in [-0.3, -0.25) is 9.59 Å². The number of nitrogens with one attached hydrogen (secondary N) is 1. The summed E-state index contributed by atoms with van der Waals surface area (Å²) in [5.41, 5.74) is 5.84. The highest BCUT2D eigenvalue weighted by atomic mass is 16.5. The van der Waals surface area contributed by atoms with Gasteiger partial charge in [0.1, 0.15) is 12.6 Å². The molecule has 2 amide bonds. The summed E-state index contributed by atoms with van der Waals surface area (Å²) in [7, 11) is 0. The molecule has 2 unspecified atom stereocenters. The first-order chi connectivity index (χ1) is 10.1. The van der Waals surface area contributed by atoms with Crippen molar-refractivity contribution < 1.29 is 19.1 Å². The van der Waals surface area contributed by atoms with E-state index in [4.69, 9.17) is 10.5 Å². The van der Waals surface area contributed by atoms with Crippen LogP contribution in [0.3, 0.4) is 0 Å². The minimum Gasteiger partial charge on any atom is -0.459 e. The van der Waals surface area contributed by atoms with Gasteiger partial charge in [-0.05, 0) is 18.1 Å². The molecule has 2 rings (SSSR count). The molecule has 3 N–H and O–H groups in total. The van der Waals surface area contributed by atoms with Gasteiger partial charge in [0.25, 0.3) is 0 Å². The van der Waals surface area contributed by atoms with E-state index in [-0.39, 0.29) is 18.9 Å². The molecule has 6 nitrogen and oxygen atoms in total. The Morgan fingerprint density at radius 3 is 2.62 bits per heavy atom. The summed E-state index contributed by atoms with van der Waals surface area (Å²) in [6, 6.07) is 8.61. The molecule has 1 heterocycles. The molecule has 1 aliphatic heterocycles. The first-order valence-corrected chi connectivity index (χ1v) is 6.55. The van der Waals surface area contributed by atoms with Gasteiger partial charge in [-0.2, -0.15) is 0 Å². The quantitative estimate of drug-likeness (QED) is 0.446. The van der Waals surface area contributed by atoms with Gasteiger partial charge in [-0.15, -0.1) is 0 Å². The van der Waals surface area contributed by atoms with Crippen LogP contribution >= 0.6 is 0 Å². The van der Waals surface area contributed by atoms with Crippen LogP contribution in [0.5, 0.6) is 0 Å². The van der Waals surface area contributed by atoms with E-state index in [0.717, 1.165) is 5.56 Å². The Kier molecular flexibility index (Phi) is 4.71. The Morgan fingerprint density at radius 1 is 1.29 bits per heavy atom. The van der Waals surface area contributed by atoms with Crippen LogP contribution in [-0.4, -0.2) is 23.8 Å². The standard InChI is InChI=1S/C15H16N2O4/c16-12(18)8-4-7-11-13(17-14(11)19)15(20)21-9-10-5-2-1-3-6-10/h1-6,8,11,13H,7,9H2,(H2,16,18)(H,17,19)/b8-4+. The maximum atomic E-state index is 11.9. The van der Waals surface area contributed by atoms with Gasteiger partial charge in [0.05, 0.1) is 5.92 Å². The maximum absolute atomic E-state index is 11.9. The van der Waals surface area contributed by atoms with E-state index in [1.54, 1.807) is 0 Å². The minimum absolute atomic E-state index is 0.163. The molecule has 1 aromatic rings. The second-order valence-electron chi connectivity index (χ2n) is 4.73. The van der Waals surface area contributed by atoms with Crippen LogP contribution in [0.4, 0.5) is 0 Å². The van der Waals surface area contributed by atoms with E-state index in [1.807, 2.05) is 30.3 Å². The minimum atomic E-state index is -0.668. The lowest BCUT2D eigenvalue weighted by atomic mass is 9.87. The lowest BCUT2D eigenvalue weighted by Crippen LogP contribution is -2.62. The van der Waals surface area contributed by atoms with Gasteiger partial charge >= 0.3 is 5.97 Å². The molecule has 0 spiro atoms. The van der Waals surface area contributed by atoms with E-state index in [1.165, 1.54) is 12.2 Å². The van der Waals surface area contributed by atoms with Gasteiger partial charge in [-0.1, -0.05) is 36.4 Å². The number of benzene rings is 1. The zero-order valence-corrected chi connectivity index (χ0v) is 11.3. The van der Waals surface area contributed by atoms with Crippen molar-refractivity contribution in [2.75, 3.05) is 0 Å². The van der Waals surface area contributed by atoms with Crippen LogP contribution < -0.4 is 11.1 Å². The number of esters is 1. The third-order valence-electron chi connectivity index (χ3n) is 3.19. The number of hydrogen-bond donors (Lipinski definition) is 2.